The Hall–Kier alpha value is -6.31. The van der Waals surface area contributed by atoms with Gasteiger partial charge >= 0.3 is 11.9 Å². The average Bonchev–Trinajstić information content (AvgIpc) is 3.20. The summed E-state index contributed by atoms with van der Waals surface area (Å²) in [5, 5.41) is 36.3. The van der Waals surface area contributed by atoms with Crippen LogP contribution in [0.3, 0.4) is 0 Å². The largest absolute Gasteiger partial charge is 0.505 e. The zero-order chi connectivity index (χ0) is 43.7. The summed E-state index contributed by atoms with van der Waals surface area (Å²) in [6.45, 7) is 0. The van der Waals surface area contributed by atoms with Gasteiger partial charge in [0.2, 0.25) is 0 Å². The predicted octanol–water partition coefficient (Wildman–Crippen LogP) is 7.63. The number of carboxylic acids is 2. The summed E-state index contributed by atoms with van der Waals surface area (Å²) in [7, 11) is -0.684. The summed E-state index contributed by atoms with van der Waals surface area (Å²) < 4.78 is 60.2. The van der Waals surface area contributed by atoms with Crippen LogP contribution in [0.5, 0.6) is 23.0 Å². The minimum Gasteiger partial charge on any atom is -0.505 e. The van der Waals surface area contributed by atoms with Gasteiger partial charge in [-0.25, -0.2) is 26.4 Å². The molecule has 0 fully saturated rings. The quantitative estimate of drug-likeness (QED) is 0.0570. The second-order valence-electron chi connectivity index (χ2n) is 11.6. The number of hydrogen-bond donors (Lipinski definition) is 6. The number of pyridine rings is 2. The molecule has 0 radical (unpaired) electrons. The Morgan fingerprint density at radius 2 is 1.12 bits per heavy atom. The van der Waals surface area contributed by atoms with Crippen molar-refractivity contribution >= 4 is 76.3 Å². The number of nitrogens with one attached hydrogen (secondary N) is 1. The highest BCUT2D eigenvalue weighted by atomic mass is 35.7. The zero-order valence-electron chi connectivity index (χ0n) is 30.4. The molecule has 0 saturated carbocycles. The van der Waals surface area contributed by atoms with Gasteiger partial charge in [-0.15, -0.1) is 0 Å². The molecular weight excluding hydrogens is 875 g/mol. The van der Waals surface area contributed by atoms with Gasteiger partial charge in [0, 0.05) is 46.6 Å². The van der Waals surface area contributed by atoms with Gasteiger partial charge in [-0.05, 0) is 71.8 Å². The lowest BCUT2D eigenvalue weighted by Crippen LogP contribution is -2.15. The molecule has 2 aromatic heterocycles. The van der Waals surface area contributed by atoms with Gasteiger partial charge < -0.3 is 35.6 Å². The molecule has 0 bridgehead atoms. The van der Waals surface area contributed by atoms with E-state index >= 15 is 0 Å². The van der Waals surface area contributed by atoms with E-state index in [2.05, 4.69) is 14.7 Å². The summed E-state index contributed by atoms with van der Waals surface area (Å²) in [5.74, 6) is -3.37. The number of phenols is 2. The van der Waals surface area contributed by atoms with E-state index in [1.54, 1.807) is 56.2 Å². The van der Waals surface area contributed by atoms with Crippen molar-refractivity contribution in [3.63, 3.8) is 0 Å². The lowest BCUT2D eigenvalue weighted by atomic mass is 10.1. The molecule has 0 spiro atoms. The molecule has 4 aromatic carbocycles. The maximum atomic E-state index is 12.9. The van der Waals surface area contributed by atoms with Crippen LogP contribution >= 0.6 is 33.9 Å². The Bertz CT molecular complexity index is 2730. The van der Waals surface area contributed by atoms with E-state index in [0.717, 1.165) is 41.0 Å². The minimum atomic E-state index is -4.40. The minimum absolute atomic E-state index is 0.0881. The smallest absolute Gasteiger partial charge is 0.335 e. The number of nitrogens with zero attached hydrogens (tertiary/aromatic N) is 2. The summed E-state index contributed by atoms with van der Waals surface area (Å²) in [6.07, 6.45) is 6.78. The molecule has 16 nitrogen and oxygen atoms in total. The number of halogens is 3. The second kappa shape index (κ2) is 19.4. The van der Waals surface area contributed by atoms with E-state index in [4.69, 9.17) is 59.3 Å². The van der Waals surface area contributed by atoms with Crippen LogP contribution in [0.25, 0.3) is 22.3 Å². The van der Waals surface area contributed by atoms with E-state index < -0.39 is 62.3 Å². The van der Waals surface area contributed by atoms with Crippen molar-refractivity contribution in [2.45, 2.75) is 9.79 Å². The third-order valence-corrected chi connectivity index (χ3v) is 11.1. The molecule has 308 valence electrons. The SMILES string of the molecule is COc1ccc(-c2cccnc2)cc1N.COc1ccc(-c2cccnc2)cc1NS(=O)(=O)c1cc(C(=O)O)cc(Cl)c1O.O=C(O)c1cc(Cl)c(O)c(S(=O)(=O)Cl)c1. The Morgan fingerprint density at radius 3 is 1.54 bits per heavy atom. The number of aromatic carboxylic acids is 2. The summed E-state index contributed by atoms with van der Waals surface area (Å²) in [6, 6.07) is 21.4. The van der Waals surface area contributed by atoms with Gasteiger partial charge in [0.1, 0.15) is 21.3 Å². The number of benzene rings is 4. The van der Waals surface area contributed by atoms with E-state index in [9.17, 15) is 36.6 Å². The van der Waals surface area contributed by atoms with E-state index in [-0.39, 0.29) is 22.6 Å². The fraction of sp³-hybridized carbons (Fsp3) is 0.0526. The van der Waals surface area contributed by atoms with E-state index in [1.807, 2.05) is 30.3 Å². The Balaban J connectivity index is 0.000000215. The molecule has 59 heavy (non-hydrogen) atoms. The van der Waals surface area contributed by atoms with Gasteiger partial charge in [-0.3, -0.25) is 14.7 Å². The first-order chi connectivity index (χ1) is 27.8. The first kappa shape index (κ1) is 45.4. The topological polar surface area (TPSA) is 266 Å². The van der Waals surface area contributed by atoms with Crippen LogP contribution in [-0.2, 0) is 19.1 Å². The number of sulfonamides is 1. The van der Waals surface area contributed by atoms with Crippen LogP contribution in [0.1, 0.15) is 20.7 Å². The number of aromatic hydroxyl groups is 2. The van der Waals surface area contributed by atoms with Crippen LogP contribution in [-0.4, -0.2) is 73.4 Å². The predicted molar refractivity (Wildman–Crippen MR) is 221 cm³/mol. The fourth-order valence-electron chi connectivity index (χ4n) is 4.93. The number of methoxy groups -OCH3 is 2. The molecule has 0 amide bonds. The van der Waals surface area contributed by atoms with Crippen molar-refractivity contribution < 1.29 is 56.3 Å². The lowest BCUT2D eigenvalue weighted by Gasteiger charge is -2.15. The first-order valence-corrected chi connectivity index (χ1v) is 20.7. The Morgan fingerprint density at radius 1 is 0.661 bits per heavy atom. The van der Waals surface area contributed by atoms with Crippen LogP contribution in [0, 0.1) is 0 Å². The number of nitrogen functional groups attached to an aromatic ring is 1. The molecule has 6 rings (SSSR count). The number of carboxylic acid groups (broad SMARTS) is 2. The number of rotatable bonds is 10. The van der Waals surface area contributed by atoms with Gasteiger partial charge in [0.15, 0.2) is 11.5 Å². The van der Waals surface area contributed by atoms with Gasteiger partial charge in [0.25, 0.3) is 19.1 Å². The zero-order valence-corrected chi connectivity index (χ0v) is 34.3. The third-order valence-electron chi connectivity index (χ3n) is 7.77. The number of phenolic OH excluding ortho intramolecular Hbond substituents is 2. The normalized spacial score (nSPS) is 10.9. The number of aromatic nitrogens is 2. The van der Waals surface area contributed by atoms with E-state index in [1.165, 1.54) is 13.2 Å². The Labute approximate surface area is 351 Å². The summed E-state index contributed by atoms with van der Waals surface area (Å²) in [4.78, 5) is 28.5. The van der Waals surface area contributed by atoms with Crippen molar-refractivity contribution in [2.24, 2.45) is 0 Å². The van der Waals surface area contributed by atoms with Crippen LogP contribution in [0.2, 0.25) is 10.0 Å². The van der Waals surface area contributed by atoms with Crippen LogP contribution in [0.15, 0.2) is 120 Å². The highest BCUT2D eigenvalue weighted by molar-refractivity contribution is 8.13. The molecule has 0 atom stereocenters. The van der Waals surface area contributed by atoms with Gasteiger partial charge in [0.05, 0.1) is 46.8 Å². The molecule has 0 unspecified atom stereocenters. The van der Waals surface area contributed by atoms with Crippen LogP contribution < -0.4 is 19.9 Å². The number of anilines is 2. The van der Waals surface area contributed by atoms with Crippen molar-refractivity contribution in [1.82, 2.24) is 9.97 Å². The molecule has 0 aliphatic rings. The first-order valence-electron chi connectivity index (χ1n) is 16.2. The highest BCUT2D eigenvalue weighted by Gasteiger charge is 2.25. The summed E-state index contributed by atoms with van der Waals surface area (Å²) >= 11 is 11.2. The fourth-order valence-corrected chi connectivity index (χ4v) is 7.65. The van der Waals surface area contributed by atoms with Gasteiger partial charge in [-0.1, -0.05) is 47.5 Å². The lowest BCUT2D eigenvalue weighted by molar-refractivity contribution is 0.0685. The van der Waals surface area contributed by atoms with Crippen molar-refractivity contribution in [1.29, 1.82) is 0 Å². The average molecular weight is 906 g/mol. The van der Waals surface area contributed by atoms with E-state index in [0.29, 0.717) is 17.0 Å². The molecule has 0 saturated heterocycles. The molecule has 2 heterocycles. The molecule has 0 aliphatic heterocycles. The molecular formula is C38H31Cl3N4O12S2. The molecule has 0 aliphatic carbocycles. The maximum Gasteiger partial charge on any atom is 0.335 e. The number of ether oxygens (including phenoxy) is 2. The standard InChI is InChI=1S/C19H15ClN2O6S.C12H12N2O.C7H4Cl2O5S/c1-28-16-5-4-11(12-3-2-6-21-10-12)8-15(16)22-29(26,27)17-9-13(19(24)25)7-14(20)18(17)23;1-15-12-5-4-9(7-11(12)13)10-3-2-6-14-8-10;8-4-1-3(7(11)12)2-5(6(4)10)15(9,13)14/h2-10,22-23H,1H3,(H,24,25);2-8H,13H2,1H3;1-2,10H,(H,11,12). The molecule has 21 heteroatoms. The highest BCUT2D eigenvalue weighted by Crippen LogP contribution is 2.37. The number of carbonyl (C=O) groups is 2. The third kappa shape index (κ3) is 11.6. The van der Waals surface area contributed by atoms with Crippen LogP contribution in [0.4, 0.5) is 11.4 Å². The monoisotopic (exact) mass is 904 g/mol. The van der Waals surface area contributed by atoms with Crippen molar-refractivity contribution in [3.8, 4) is 45.3 Å². The molecule has 6 aromatic rings. The van der Waals surface area contributed by atoms with Crippen molar-refractivity contribution in [3.05, 3.63) is 131 Å². The second-order valence-corrected chi connectivity index (χ2v) is 16.6. The number of hydrogen-bond acceptors (Lipinski definition) is 13. The number of nitrogens with two attached hydrogens (primary N) is 1. The maximum absolute atomic E-state index is 12.9. The van der Waals surface area contributed by atoms with Gasteiger partial charge in [-0.2, -0.15) is 0 Å². The van der Waals surface area contributed by atoms with Crippen molar-refractivity contribution in [2.75, 3.05) is 24.7 Å². The molecule has 7 N–H and O–H groups in total. The summed E-state index contributed by atoms with van der Waals surface area (Å²) in [5.41, 5.74) is 9.29. The Kier molecular flexibility index (Phi) is 14.9.